The molecule has 3 rings (SSSR count). The normalized spacial score (nSPS) is 28.7. The second-order valence-corrected chi connectivity index (χ2v) is 5.95. The summed E-state index contributed by atoms with van der Waals surface area (Å²) in [6.07, 6.45) is 4.71. The number of aryl methyl sites for hydroxylation is 2. The van der Waals surface area contributed by atoms with Gasteiger partial charge in [0.15, 0.2) is 5.69 Å². The van der Waals surface area contributed by atoms with Crippen molar-refractivity contribution in [2.24, 2.45) is 12.5 Å². The molecular formula is C14H19N3O3. The van der Waals surface area contributed by atoms with Gasteiger partial charge in [-0.15, -0.1) is 0 Å². The van der Waals surface area contributed by atoms with E-state index in [1.807, 2.05) is 13.1 Å². The number of likely N-dealkylation sites (tertiary alicyclic amines) is 1. The number of carboxylic acids is 1. The molecule has 2 atom stereocenters. The first-order valence-corrected chi connectivity index (χ1v) is 7.00. The Balaban J connectivity index is 1.91. The largest absolute Gasteiger partial charge is 0.481 e. The lowest BCUT2D eigenvalue weighted by Crippen LogP contribution is -2.43. The summed E-state index contributed by atoms with van der Waals surface area (Å²) in [7, 11) is 1.78. The lowest BCUT2D eigenvalue weighted by molar-refractivity contribution is -0.149. The molecule has 1 aromatic heterocycles. The first-order valence-electron chi connectivity index (χ1n) is 7.00. The standard InChI is InChI=1S/C14H19N3O3/c1-9-8-16(2)15-11(9)12(18)17-7-6-14(13(19)20)5-3-4-10(14)17/h8,10H,3-7H2,1-2H3,(H,19,20)/t10-,14+/m0/s1. The molecule has 1 aromatic rings. The molecule has 1 saturated heterocycles. The van der Waals surface area contributed by atoms with Gasteiger partial charge >= 0.3 is 5.97 Å². The lowest BCUT2D eigenvalue weighted by Gasteiger charge is -2.28. The summed E-state index contributed by atoms with van der Waals surface area (Å²) in [5, 5.41) is 13.8. The van der Waals surface area contributed by atoms with Crippen molar-refractivity contribution in [2.75, 3.05) is 6.54 Å². The van der Waals surface area contributed by atoms with Crippen LogP contribution in [0.15, 0.2) is 6.20 Å². The smallest absolute Gasteiger partial charge is 0.311 e. The Morgan fingerprint density at radius 3 is 2.80 bits per heavy atom. The van der Waals surface area contributed by atoms with Crippen LogP contribution in [-0.2, 0) is 11.8 Å². The van der Waals surface area contributed by atoms with E-state index in [9.17, 15) is 14.7 Å². The van der Waals surface area contributed by atoms with Crippen LogP contribution in [0.3, 0.4) is 0 Å². The molecule has 0 radical (unpaired) electrons. The second-order valence-electron chi connectivity index (χ2n) is 5.95. The third kappa shape index (κ3) is 1.67. The highest BCUT2D eigenvalue weighted by Gasteiger charge is 2.57. The molecule has 1 aliphatic heterocycles. The Morgan fingerprint density at radius 2 is 2.20 bits per heavy atom. The van der Waals surface area contributed by atoms with Crippen molar-refractivity contribution >= 4 is 11.9 Å². The second kappa shape index (κ2) is 4.33. The minimum atomic E-state index is -0.756. The van der Waals surface area contributed by atoms with Gasteiger partial charge in [0.1, 0.15) is 0 Å². The Bertz CT molecular complexity index is 580. The van der Waals surface area contributed by atoms with Crippen molar-refractivity contribution in [1.29, 1.82) is 0 Å². The molecule has 2 fully saturated rings. The molecule has 0 unspecified atom stereocenters. The molecule has 6 nitrogen and oxygen atoms in total. The fourth-order valence-corrected chi connectivity index (χ4v) is 3.83. The topological polar surface area (TPSA) is 75.4 Å². The van der Waals surface area contributed by atoms with Gasteiger partial charge in [0.05, 0.1) is 5.41 Å². The zero-order valence-corrected chi connectivity index (χ0v) is 11.8. The minimum Gasteiger partial charge on any atom is -0.481 e. The summed E-state index contributed by atoms with van der Waals surface area (Å²) in [5.74, 6) is -0.883. The molecule has 2 heterocycles. The molecular weight excluding hydrogens is 258 g/mol. The fourth-order valence-electron chi connectivity index (χ4n) is 3.83. The van der Waals surface area contributed by atoms with Crippen molar-refractivity contribution in [3.05, 3.63) is 17.5 Å². The van der Waals surface area contributed by atoms with Gasteiger partial charge in [0.2, 0.25) is 0 Å². The number of hydrogen-bond donors (Lipinski definition) is 1. The Morgan fingerprint density at radius 1 is 1.45 bits per heavy atom. The summed E-state index contributed by atoms with van der Waals surface area (Å²) >= 11 is 0. The van der Waals surface area contributed by atoms with Crippen LogP contribution in [0.25, 0.3) is 0 Å². The van der Waals surface area contributed by atoms with Crippen LogP contribution >= 0.6 is 0 Å². The summed E-state index contributed by atoms with van der Waals surface area (Å²) in [4.78, 5) is 26.0. The van der Waals surface area contributed by atoms with Gasteiger partial charge in [-0.25, -0.2) is 0 Å². The quantitative estimate of drug-likeness (QED) is 0.881. The van der Waals surface area contributed by atoms with Crippen LogP contribution in [0.5, 0.6) is 0 Å². The average molecular weight is 277 g/mol. The van der Waals surface area contributed by atoms with E-state index < -0.39 is 11.4 Å². The molecule has 0 aromatic carbocycles. The molecule has 1 aliphatic carbocycles. The highest BCUT2D eigenvalue weighted by Crippen LogP contribution is 2.49. The zero-order chi connectivity index (χ0) is 14.5. The Hall–Kier alpha value is -1.85. The molecule has 0 spiro atoms. The Labute approximate surface area is 117 Å². The van der Waals surface area contributed by atoms with Crippen LogP contribution in [0.4, 0.5) is 0 Å². The maximum Gasteiger partial charge on any atom is 0.311 e. The van der Waals surface area contributed by atoms with E-state index in [1.54, 1.807) is 16.6 Å². The molecule has 1 saturated carbocycles. The van der Waals surface area contributed by atoms with E-state index >= 15 is 0 Å². The summed E-state index contributed by atoms with van der Waals surface area (Å²) in [5.41, 5.74) is 0.558. The number of nitrogens with zero attached hydrogens (tertiary/aromatic N) is 3. The van der Waals surface area contributed by atoms with Gasteiger partial charge in [-0.05, 0) is 26.2 Å². The number of carboxylic acid groups (broad SMARTS) is 1. The van der Waals surface area contributed by atoms with Crippen molar-refractivity contribution in [3.8, 4) is 0 Å². The van der Waals surface area contributed by atoms with E-state index in [4.69, 9.17) is 0 Å². The van der Waals surface area contributed by atoms with Gasteiger partial charge in [-0.1, -0.05) is 6.42 Å². The van der Waals surface area contributed by atoms with Gasteiger partial charge in [0.25, 0.3) is 5.91 Å². The number of hydrogen-bond acceptors (Lipinski definition) is 3. The predicted octanol–water partition coefficient (Wildman–Crippen LogP) is 1.20. The SMILES string of the molecule is Cc1cn(C)nc1C(=O)N1CC[C@]2(C(=O)O)CCC[C@H]12. The number of fused-ring (bicyclic) bond motifs is 1. The van der Waals surface area contributed by atoms with Crippen molar-refractivity contribution in [2.45, 2.75) is 38.6 Å². The molecule has 1 amide bonds. The molecule has 20 heavy (non-hydrogen) atoms. The zero-order valence-electron chi connectivity index (χ0n) is 11.8. The molecule has 2 aliphatic rings. The summed E-state index contributed by atoms with van der Waals surface area (Å²) in [6.45, 7) is 2.38. The lowest BCUT2D eigenvalue weighted by atomic mass is 9.82. The predicted molar refractivity (Wildman–Crippen MR) is 71.3 cm³/mol. The molecule has 108 valence electrons. The first-order chi connectivity index (χ1) is 9.45. The van der Waals surface area contributed by atoms with Gasteiger partial charge in [-0.2, -0.15) is 5.10 Å². The first kappa shape index (κ1) is 13.1. The van der Waals surface area contributed by atoms with Gasteiger partial charge in [0, 0.05) is 31.4 Å². The summed E-state index contributed by atoms with van der Waals surface area (Å²) in [6, 6.07) is -0.172. The number of aromatic nitrogens is 2. The number of aliphatic carboxylic acids is 1. The number of rotatable bonds is 2. The molecule has 6 heteroatoms. The van der Waals surface area contributed by atoms with Crippen molar-refractivity contribution in [3.63, 3.8) is 0 Å². The monoisotopic (exact) mass is 277 g/mol. The highest BCUT2D eigenvalue weighted by atomic mass is 16.4. The van der Waals surface area contributed by atoms with Crippen LogP contribution in [-0.4, -0.2) is 44.3 Å². The maximum atomic E-state index is 12.6. The van der Waals surface area contributed by atoms with Gasteiger partial charge in [-0.3, -0.25) is 14.3 Å². The average Bonchev–Trinajstić information content (AvgIpc) is 3.01. The van der Waals surface area contributed by atoms with Crippen LogP contribution < -0.4 is 0 Å². The van der Waals surface area contributed by atoms with Crippen LogP contribution in [0.1, 0.15) is 41.7 Å². The van der Waals surface area contributed by atoms with Crippen molar-refractivity contribution < 1.29 is 14.7 Å². The van der Waals surface area contributed by atoms with Gasteiger partial charge < -0.3 is 10.0 Å². The highest BCUT2D eigenvalue weighted by molar-refractivity contribution is 5.95. The summed E-state index contributed by atoms with van der Waals surface area (Å²) < 4.78 is 1.62. The third-order valence-corrected chi connectivity index (χ3v) is 4.81. The minimum absolute atomic E-state index is 0.127. The van der Waals surface area contributed by atoms with E-state index in [1.165, 1.54) is 0 Å². The van der Waals surface area contributed by atoms with E-state index in [0.29, 0.717) is 25.1 Å². The number of carbonyl (C=O) groups is 2. The van der Waals surface area contributed by atoms with Crippen LogP contribution in [0.2, 0.25) is 0 Å². The van der Waals surface area contributed by atoms with E-state index in [0.717, 1.165) is 18.4 Å². The molecule has 0 bridgehead atoms. The Kier molecular flexibility index (Phi) is 2.84. The fraction of sp³-hybridized carbons (Fsp3) is 0.643. The molecule has 1 N–H and O–H groups in total. The third-order valence-electron chi connectivity index (χ3n) is 4.81. The van der Waals surface area contributed by atoms with E-state index in [-0.39, 0.29) is 11.9 Å². The van der Waals surface area contributed by atoms with Crippen LogP contribution in [0, 0.1) is 12.3 Å². The number of amides is 1. The van der Waals surface area contributed by atoms with E-state index in [2.05, 4.69) is 5.10 Å². The maximum absolute atomic E-state index is 12.6. The van der Waals surface area contributed by atoms with Crippen molar-refractivity contribution in [1.82, 2.24) is 14.7 Å². The number of carbonyl (C=O) groups excluding carboxylic acids is 1.